The summed E-state index contributed by atoms with van der Waals surface area (Å²) in [6.45, 7) is 9.54. The molecule has 0 spiro atoms. The van der Waals surface area contributed by atoms with Gasteiger partial charge in [0.2, 0.25) is 11.8 Å². The molecule has 2 atom stereocenters. The standard InChI is InChI=1S/C17H30N2O2/c1-5-8-13(15(18)20)14(11-12-9-6-7-10-12)16(21)19-17(2,3)4/h5,12-14H,1,6-11H2,2-4H3,(H2,18,20)(H,19,21). The Morgan fingerprint density at radius 3 is 2.29 bits per heavy atom. The Bertz CT molecular complexity index is 379. The second-order valence-electron chi connectivity index (χ2n) is 7.27. The molecule has 120 valence electrons. The predicted octanol–water partition coefficient (Wildman–Crippen LogP) is 2.78. The Balaban J connectivity index is 2.87. The molecule has 21 heavy (non-hydrogen) atoms. The maximum absolute atomic E-state index is 12.6. The van der Waals surface area contributed by atoms with E-state index in [1.807, 2.05) is 20.8 Å². The van der Waals surface area contributed by atoms with E-state index in [-0.39, 0.29) is 17.4 Å². The minimum absolute atomic E-state index is 0.0555. The van der Waals surface area contributed by atoms with E-state index in [1.54, 1.807) is 6.08 Å². The molecule has 0 bridgehead atoms. The Kier molecular flexibility index (Phi) is 6.43. The van der Waals surface area contributed by atoms with Crippen LogP contribution in [0.5, 0.6) is 0 Å². The first-order valence-corrected chi connectivity index (χ1v) is 7.97. The molecule has 0 aromatic rings. The highest BCUT2D eigenvalue weighted by Gasteiger charge is 2.35. The molecule has 0 heterocycles. The SMILES string of the molecule is C=CCC(C(N)=O)C(CC1CCCC1)C(=O)NC(C)(C)C. The molecule has 1 rings (SSSR count). The second kappa shape index (κ2) is 7.62. The lowest BCUT2D eigenvalue weighted by Crippen LogP contribution is -2.48. The zero-order chi connectivity index (χ0) is 16.0. The summed E-state index contributed by atoms with van der Waals surface area (Å²) in [5, 5.41) is 3.01. The monoisotopic (exact) mass is 294 g/mol. The predicted molar refractivity (Wildman–Crippen MR) is 85.5 cm³/mol. The van der Waals surface area contributed by atoms with Gasteiger partial charge in [0, 0.05) is 5.54 Å². The van der Waals surface area contributed by atoms with Crippen LogP contribution in [0.1, 0.15) is 59.3 Å². The van der Waals surface area contributed by atoms with Crippen LogP contribution in [0.2, 0.25) is 0 Å². The number of nitrogens with two attached hydrogens (primary N) is 1. The zero-order valence-corrected chi connectivity index (χ0v) is 13.7. The van der Waals surface area contributed by atoms with Crippen molar-refractivity contribution in [1.29, 1.82) is 0 Å². The van der Waals surface area contributed by atoms with Gasteiger partial charge in [0.15, 0.2) is 0 Å². The van der Waals surface area contributed by atoms with Crippen LogP contribution in [-0.2, 0) is 9.59 Å². The van der Waals surface area contributed by atoms with Gasteiger partial charge in [-0.05, 0) is 39.5 Å². The van der Waals surface area contributed by atoms with Gasteiger partial charge in [0.1, 0.15) is 0 Å². The van der Waals surface area contributed by atoms with E-state index in [9.17, 15) is 9.59 Å². The van der Waals surface area contributed by atoms with Gasteiger partial charge in [-0.25, -0.2) is 0 Å². The molecule has 0 aromatic carbocycles. The van der Waals surface area contributed by atoms with Gasteiger partial charge >= 0.3 is 0 Å². The summed E-state index contributed by atoms with van der Waals surface area (Å²) >= 11 is 0. The molecular weight excluding hydrogens is 264 g/mol. The van der Waals surface area contributed by atoms with E-state index < -0.39 is 11.8 Å². The highest BCUT2D eigenvalue weighted by Crippen LogP contribution is 2.34. The van der Waals surface area contributed by atoms with Crippen LogP contribution in [0.4, 0.5) is 0 Å². The first-order chi connectivity index (χ1) is 9.74. The van der Waals surface area contributed by atoms with Crippen molar-refractivity contribution in [3.63, 3.8) is 0 Å². The van der Waals surface area contributed by atoms with Crippen molar-refractivity contribution in [2.24, 2.45) is 23.5 Å². The lowest BCUT2D eigenvalue weighted by molar-refractivity contribution is -0.135. The molecule has 2 unspecified atom stereocenters. The molecule has 0 aliphatic heterocycles. The number of amides is 2. The van der Waals surface area contributed by atoms with Crippen LogP contribution >= 0.6 is 0 Å². The van der Waals surface area contributed by atoms with Crippen molar-refractivity contribution < 1.29 is 9.59 Å². The number of allylic oxidation sites excluding steroid dienone is 1. The molecule has 1 saturated carbocycles. The minimum Gasteiger partial charge on any atom is -0.369 e. The van der Waals surface area contributed by atoms with Crippen molar-refractivity contribution in [3.8, 4) is 0 Å². The summed E-state index contributed by atoms with van der Waals surface area (Å²) < 4.78 is 0. The molecule has 1 aliphatic rings. The molecule has 2 amide bonds. The van der Waals surface area contributed by atoms with Gasteiger partial charge < -0.3 is 11.1 Å². The lowest BCUT2D eigenvalue weighted by atomic mass is 9.80. The third-order valence-corrected chi connectivity index (χ3v) is 4.17. The van der Waals surface area contributed by atoms with Crippen molar-refractivity contribution in [1.82, 2.24) is 5.32 Å². The second-order valence-corrected chi connectivity index (χ2v) is 7.27. The number of rotatable bonds is 7. The van der Waals surface area contributed by atoms with Crippen LogP contribution in [0, 0.1) is 17.8 Å². The van der Waals surface area contributed by atoms with Crippen molar-refractivity contribution >= 4 is 11.8 Å². The summed E-state index contributed by atoms with van der Waals surface area (Å²) in [6.07, 6.45) is 7.65. The molecule has 4 nitrogen and oxygen atoms in total. The summed E-state index contributed by atoms with van der Waals surface area (Å²) in [6, 6.07) is 0. The summed E-state index contributed by atoms with van der Waals surface area (Å²) in [5.74, 6) is -0.720. The summed E-state index contributed by atoms with van der Waals surface area (Å²) in [7, 11) is 0. The van der Waals surface area contributed by atoms with Crippen LogP contribution in [0.15, 0.2) is 12.7 Å². The first kappa shape index (κ1) is 17.7. The van der Waals surface area contributed by atoms with E-state index >= 15 is 0 Å². The average Bonchev–Trinajstić information content (AvgIpc) is 2.83. The molecule has 0 aromatic heterocycles. The topological polar surface area (TPSA) is 72.2 Å². The fraction of sp³-hybridized carbons (Fsp3) is 0.765. The van der Waals surface area contributed by atoms with Crippen LogP contribution in [-0.4, -0.2) is 17.4 Å². The number of primary amides is 1. The number of carbonyl (C=O) groups is 2. The highest BCUT2D eigenvalue weighted by atomic mass is 16.2. The number of hydrogen-bond donors (Lipinski definition) is 2. The van der Waals surface area contributed by atoms with E-state index in [1.165, 1.54) is 12.8 Å². The van der Waals surface area contributed by atoms with Gasteiger partial charge in [-0.2, -0.15) is 0 Å². The largest absolute Gasteiger partial charge is 0.369 e. The summed E-state index contributed by atoms with van der Waals surface area (Å²) in [4.78, 5) is 24.4. The first-order valence-electron chi connectivity index (χ1n) is 7.97. The quantitative estimate of drug-likeness (QED) is 0.709. The lowest BCUT2D eigenvalue weighted by Gasteiger charge is -2.29. The normalized spacial score (nSPS) is 19.0. The fourth-order valence-electron chi connectivity index (χ4n) is 3.18. The third-order valence-electron chi connectivity index (χ3n) is 4.17. The molecule has 0 radical (unpaired) electrons. The maximum Gasteiger partial charge on any atom is 0.224 e. The minimum atomic E-state index is -0.453. The zero-order valence-electron chi connectivity index (χ0n) is 13.7. The van der Waals surface area contributed by atoms with Crippen LogP contribution in [0.3, 0.4) is 0 Å². The molecule has 4 heteroatoms. The van der Waals surface area contributed by atoms with Crippen LogP contribution in [0.25, 0.3) is 0 Å². The Morgan fingerprint density at radius 1 is 1.29 bits per heavy atom. The van der Waals surface area contributed by atoms with Crippen molar-refractivity contribution in [2.75, 3.05) is 0 Å². The van der Waals surface area contributed by atoms with E-state index in [2.05, 4.69) is 11.9 Å². The molecule has 0 saturated heterocycles. The van der Waals surface area contributed by atoms with E-state index in [0.29, 0.717) is 12.3 Å². The third kappa shape index (κ3) is 5.90. The van der Waals surface area contributed by atoms with Gasteiger partial charge in [-0.3, -0.25) is 9.59 Å². The summed E-state index contributed by atoms with van der Waals surface area (Å²) in [5.41, 5.74) is 5.23. The molecule has 1 fully saturated rings. The average molecular weight is 294 g/mol. The van der Waals surface area contributed by atoms with Gasteiger partial charge in [0.25, 0.3) is 0 Å². The number of carbonyl (C=O) groups excluding carboxylic acids is 2. The van der Waals surface area contributed by atoms with E-state index in [0.717, 1.165) is 19.3 Å². The Morgan fingerprint density at radius 2 is 1.86 bits per heavy atom. The molecular formula is C17H30N2O2. The number of hydrogen-bond acceptors (Lipinski definition) is 2. The van der Waals surface area contributed by atoms with E-state index in [4.69, 9.17) is 5.73 Å². The number of nitrogens with one attached hydrogen (secondary N) is 1. The smallest absolute Gasteiger partial charge is 0.224 e. The van der Waals surface area contributed by atoms with Crippen LogP contribution < -0.4 is 11.1 Å². The van der Waals surface area contributed by atoms with Crippen molar-refractivity contribution in [2.45, 2.75) is 64.8 Å². The molecule has 1 aliphatic carbocycles. The van der Waals surface area contributed by atoms with Gasteiger partial charge in [-0.15, -0.1) is 6.58 Å². The Labute approximate surface area is 128 Å². The highest BCUT2D eigenvalue weighted by molar-refractivity contribution is 5.87. The molecule has 3 N–H and O–H groups in total. The van der Waals surface area contributed by atoms with Crippen molar-refractivity contribution in [3.05, 3.63) is 12.7 Å². The van der Waals surface area contributed by atoms with Gasteiger partial charge in [-0.1, -0.05) is 31.8 Å². The maximum atomic E-state index is 12.6. The van der Waals surface area contributed by atoms with Gasteiger partial charge in [0.05, 0.1) is 11.8 Å². The fourth-order valence-corrected chi connectivity index (χ4v) is 3.18. The Hall–Kier alpha value is -1.32.